The molecule has 5 heteroatoms. The molecule has 0 bridgehead atoms. The number of piperidine rings is 1. The highest BCUT2D eigenvalue weighted by atomic mass is 19.1. The number of hydrogen-bond acceptors (Lipinski definition) is 3. The number of carbonyl (C=O) groups is 1. The van der Waals surface area contributed by atoms with Crippen LogP contribution >= 0.6 is 0 Å². The largest absolute Gasteiger partial charge is 0.325 e. The van der Waals surface area contributed by atoms with Gasteiger partial charge < -0.3 is 10.6 Å². The number of nitrogens with one attached hydrogen (secondary N) is 2. The number of benzene rings is 1. The fourth-order valence-corrected chi connectivity index (χ4v) is 2.91. The van der Waals surface area contributed by atoms with Gasteiger partial charge in [0.2, 0.25) is 5.91 Å². The Kier molecular flexibility index (Phi) is 6.34. The Morgan fingerprint density at radius 2 is 2.14 bits per heavy atom. The zero-order valence-electron chi connectivity index (χ0n) is 13.5. The van der Waals surface area contributed by atoms with Gasteiger partial charge in [-0.3, -0.25) is 9.69 Å². The summed E-state index contributed by atoms with van der Waals surface area (Å²) in [5.41, 5.74) is 1.11. The molecule has 0 aromatic heterocycles. The van der Waals surface area contributed by atoms with Crippen molar-refractivity contribution in [2.24, 2.45) is 0 Å². The first-order valence-electron chi connectivity index (χ1n) is 8.11. The van der Waals surface area contributed by atoms with E-state index >= 15 is 0 Å². The topological polar surface area (TPSA) is 44.4 Å². The summed E-state index contributed by atoms with van der Waals surface area (Å²) < 4.78 is 13.5. The Balaban J connectivity index is 1.93. The monoisotopic (exact) mass is 307 g/mol. The van der Waals surface area contributed by atoms with Gasteiger partial charge in [0.05, 0.1) is 6.54 Å². The molecule has 0 spiro atoms. The van der Waals surface area contributed by atoms with Crippen molar-refractivity contribution in [3.8, 4) is 0 Å². The first kappa shape index (κ1) is 16.9. The molecular weight excluding hydrogens is 281 g/mol. The highest BCUT2D eigenvalue weighted by Gasteiger charge is 2.22. The predicted molar refractivity (Wildman–Crippen MR) is 87.5 cm³/mol. The van der Waals surface area contributed by atoms with Gasteiger partial charge in [-0.05, 0) is 63.5 Å². The number of carbonyl (C=O) groups excluding carboxylic acids is 1. The predicted octanol–water partition coefficient (Wildman–Crippen LogP) is 2.54. The van der Waals surface area contributed by atoms with E-state index in [1.165, 1.54) is 6.07 Å². The SMILES string of the molecule is CCCN(CC(=O)Nc1ccc(C)c(F)c1)C1CCNCC1. The molecule has 4 nitrogen and oxygen atoms in total. The lowest BCUT2D eigenvalue weighted by Crippen LogP contribution is -2.46. The molecular formula is C17H26FN3O. The van der Waals surface area contributed by atoms with Crippen molar-refractivity contribution in [3.05, 3.63) is 29.6 Å². The quantitative estimate of drug-likeness (QED) is 0.849. The van der Waals surface area contributed by atoms with E-state index in [0.29, 0.717) is 23.8 Å². The number of aryl methyl sites for hydroxylation is 1. The van der Waals surface area contributed by atoms with Crippen molar-refractivity contribution < 1.29 is 9.18 Å². The number of amides is 1. The molecule has 1 fully saturated rings. The zero-order chi connectivity index (χ0) is 15.9. The van der Waals surface area contributed by atoms with Crippen LogP contribution in [0.15, 0.2) is 18.2 Å². The highest BCUT2D eigenvalue weighted by molar-refractivity contribution is 5.92. The van der Waals surface area contributed by atoms with Gasteiger partial charge in [-0.2, -0.15) is 0 Å². The molecule has 0 radical (unpaired) electrons. The summed E-state index contributed by atoms with van der Waals surface area (Å²) in [5.74, 6) is -0.364. The van der Waals surface area contributed by atoms with Crippen LogP contribution in [0.4, 0.5) is 10.1 Å². The Morgan fingerprint density at radius 3 is 2.77 bits per heavy atom. The molecule has 1 aromatic carbocycles. The van der Waals surface area contributed by atoms with Gasteiger partial charge in [0.25, 0.3) is 0 Å². The van der Waals surface area contributed by atoms with E-state index in [0.717, 1.165) is 38.9 Å². The van der Waals surface area contributed by atoms with Gasteiger partial charge in [-0.15, -0.1) is 0 Å². The molecule has 0 saturated carbocycles. The van der Waals surface area contributed by atoms with Crippen LogP contribution in [0.3, 0.4) is 0 Å². The van der Waals surface area contributed by atoms with Crippen LogP contribution in [-0.2, 0) is 4.79 Å². The lowest BCUT2D eigenvalue weighted by Gasteiger charge is -2.34. The zero-order valence-corrected chi connectivity index (χ0v) is 13.5. The van der Waals surface area contributed by atoms with Crippen molar-refractivity contribution in [3.63, 3.8) is 0 Å². The molecule has 1 amide bonds. The summed E-state index contributed by atoms with van der Waals surface area (Å²) in [5, 5.41) is 6.15. The average molecular weight is 307 g/mol. The summed E-state index contributed by atoms with van der Waals surface area (Å²) in [7, 11) is 0. The number of rotatable bonds is 6. The third-order valence-electron chi connectivity index (χ3n) is 4.14. The summed E-state index contributed by atoms with van der Waals surface area (Å²) >= 11 is 0. The molecule has 2 rings (SSSR count). The smallest absolute Gasteiger partial charge is 0.238 e. The van der Waals surface area contributed by atoms with Crippen LogP contribution in [0.2, 0.25) is 0 Å². The van der Waals surface area contributed by atoms with E-state index in [4.69, 9.17) is 0 Å². The molecule has 2 N–H and O–H groups in total. The van der Waals surface area contributed by atoms with Crippen molar-refractivity contribution in [2.45, 2.75) is 39.2 Å². The third-order valence-corrected chi connectivity index (χ3v) is 4.14. The molecule has 0 aliphatic carbocycles. The maximum Gasteiger partial charge on any atom is 0.238 e. The molecule has 1 saturated heterocycles. The highest BCUT2D eigenvalue weighted by Crippen LogP contribution is 2.15. The minimum absolute atomic E-state index is 0.0739. The molecule has 1 aliphatic heterocycles. The maximum atomic E-state index is 13.5. The third kappa shape index (κ3) is 4.78. The van der Waals surface area contributed by atoms with Crippen molar-refractivity contribution in [1.29, 1.82) is 0 Å². The van der Waals surface area contributed by atoms with E-state index in [-0.39, 0.29) is 11.7 Å². The van der Waals surface area contributed by atoms with E-state index in [9.17, 15) is 9.18 Å². The molecule has 1 heterocycles. The summed E-state index contributed by atoms with van der Waals surface area (Å²) in [6.07, 6.45) is 3.18. The standard InChI is InChI=1S/C17H26FN3O/c1-3-10-21(15-6-8-19-9-7-15)12-17(22)20-14-5-4-13(2)16(18)11-14/h4-5,11,15,19H,3,6-10,12H2,1-2H3,(H,20,22). The molecule has 0 unspecified atom stereocenters. The van der Waals surface area contributed by atoms with Crippen LogP contribution in [0.5, 0.6) is 0 Å². The first-order valence-corrected chi connectivity index (χ1v) is 8.11. The average Bonchev–Trinajstić information content (AvgIpc) is 2.51. The minimum Gasteiger partial charge on any atom is -0.325 e. The lowest BCUT2D eigenvalue weighted by atomic mass is 10.0. The van der Waals surface area contributed by atoms with Crippen molar-refractivity contribution in [2.75, 3.05) is 31.5 Å². The molecule has 1 aliphatic rings. The molecule has 122 valence electrons. The maximum absolute atomic E-state index is 13.5. The Bertz CT molecular complexity index is 501. The van der Waals surface area contributed by atoms with Crippen LogP contribution in [-0.4, -0.2) is 43.0 Å². The van der Waals surface area contributed by atoms with Gasteiger partial charge in [0.15, 0.2) is 0 Å². The Labute approximate surface area is 132 Å². The molecule has 1 aromatic rings. The van der Waals surface area contributed by atoms with Crippen LogP contribution in [0.25, 0.3) is 0 Å². The lowest BCUT2D eigenvalue weighted by molar-refractivity contribution is -0.118. The minimum atomic E-state index is -0.290. The Hall–Kier alpha value is -1.46. The fourth-order valence-electron chi connectivity index (χ4n) is 2.91. The Morgan fingerprint density at radius 1 is 1.41 bits per heavy atom. The second-order valence-corrected chi connectivity index (χ2v) is 5.96. The van der Waals surface area contributed by atoms with E-state index in [2.05, 4.69) is 22.5 Å². The fraction of sp³-hybridized carbons (Fsp3) is 0.588. The summed E-state index contributed by atoms with van der Waals surface area (Å²) in [6.45, 7) is 7.14. The number of nitrogens with zero attached hydrogens (tertiary/aromatic N) is 1. The van der Waals surface area contributed by atoms with Gasteiger partial charge in [0, 0.05) is 11.7 Å². The normalized spacial score (nSPS) is 16.0. The van der Waals surface area contributed by atoms with Crippen molar-refractivity contribution in [1.82, 2.24) is 10.2 Å². The first-order chi connectivity index (χ1) is 10.6. The second-order valence-electron chi connectivity index (χ2n) is 5.96. The van der Waals surface area contributed by atoms with E-state index in [1.807, 2.05) is 0 Å². The van der Waals surface area contributed by atoms with Crippen molar-refractivity contribution >= 4 is 11.6 Å². The summed E-state index contributed by atoms with van der Waals surface area (Å²) in [4.78, 5) is 14.5. The van der Waals surface area contributed by atoms with Gasteiger partial charge >= 0.3 is 0 Å². The number of anilines is 1. The second kappa shape index (κ2) is 8.25. The number of halogens is 1. The van der Waals surface area contributed by atoms with Crippen LogP contribution in [0.1, 0.15) is 31.7 Å². The van der Waals surface area contributed by atoms with E-state index < -0.39 is 0 Å². The number of hydrogen-bond donors (Lipinski definition) is 2. The van der Waals surface area contributed by atoms with Gasteiger partial charge in [-0.25, -0.2) is 4.39 Å². The van der Waals surface area contributed by atoms with Gasteiger partial charge in [0.1, 0.15) is 5.82 Å². The van der Waals surface area contributed by atoms with Crippen LogP contribution < -0.4 is 10.6 Å². The molecule has 22 heavy (non-hydrogen) atoms. The molecule has 0 atom stereocenters. The van der Waals surface area contributed by atoms with E-state index in [1.54, 1.807) is 19.1 Å². The van der Waals surface area contributed by atoms with Crippen LogP contribution in [0, 0.1) is 12.7 Å². The van der Waals surface area contributed by atoms with Gasteiger partial charge in [-0.1, -0.05) is 13.0 Å². The summed E-state index contributed by atoms with van der Waals surface area (Å²) in [6, 6.07) is 5.26.